The molecule has 3 N–H and O–H groups in total. The van der Waals surface area contributed by atoms with Gasteiger partial charge in [0.2, 0.25) is 17.7 Å². The van der Waals surface area contributed by atoms with Crippen molar-refractivity contribution in [3.63, 3.8) is 0 Å². The molecule has 3 aromatic rings. The number of nitrogens with zero attached hydrogens (tertiary/aromatic N) is 1. The molecule has 0 bridgehead atoms. The van der Waals surface area contributed by atoms with Gasteiger partial charge in [-0.15, -0.1) is 0 Å². The monoisotopic (exact) mass is 521 g/mol. The van der Waals surface area contributed by atoms with E-state index in [2.05, 4.69) is 10.6 Å². The second kappa shape index (κ2) is 8.34. The number of carbonyl (C=O) groups is 3. The fourth-order valence-electron chi connectivity index (χ4n) is 5.87. The first-order chi connectivity index (χ1) is 17.3. The summed E-state index contributed by atoms with van der Waals surface area (Å²) in [4.78, 5) is 42.6. The highest BCUT2D eigenvalue weighted by Gasteiger charge is 2.70. The SMILES string of the molecule is O=C1[C@@H]2[C@H](Cc3ccc(O)cc3)N[C@@]3(C(=O)Nc4c(Cl)cccc43)[C@@H]2C(=O)N1Cc1ccccc1Cl. The highest BCUT2D eigenvalue weighted by atomic mass is 35.5. The van der Waals surface area contributed by atoms with E-state index < -0.39 is 35.2 Å². The van der Waals surface area contributed by atoms with Crippen LogP contribution in [0.5, 0.6) is 5.75 Å². The predicted octanol–water partition coefficient (Wildman–Crippen LogP) is 3.86. The predicted molar refractivity (Wildman–Crippen MR) is 134 cm³/mol. The highest BCUT2D eigenvalue weighted by molar-refractivity contribution is 6.35. The molecular formula is C27H21Cl2N3O4. The number of para-hydroxylation sites is 1. The number of phenolic OH excluding ortho intramolecular Hbond substituents is 1. The second-order valence-electron chi connectivity index (χ2n) is 9.40. The third-order valence-electron chi connectivity index (χ3n) is 7.47. The average Bonchev–Trinajstić information content (AvgIpc) is 3.43. The van der Waals surface area contributed by atoms with Crippen LogP contribution in [0.15, 0.2) is 66.7 Å². The van der Waals surface area contributed by atoms with Crippen LogP contribution in [0, 0.1) is 11.8 Å². The van der Waals surface area contributed by atoms with Crippen molar-refractivity contribution in [1.82, 2.24) is 10.2 Å². The van der Waals surface area contributed by atoms with E-state index in [1.807, 2.05) is 0 Å². The van der Waals surface area contributed by atoms with Gasteiger partial charge in [0.05, 0.1) is 29.1 Å². The van der Waals surface area contributed by atoms with Crippen molar-refractivity contribution < 1.29 is 19.5 Å². The molecule has 0 saturated carbocycles. The van der Waals surface area contributed by atoms with Gasteiger partial charge >= 0.3 is 0 Å². The number of carbonyl (C=O) groups excluding carboxylic acids is 3. The minimum atomic E-state index is -1.44. The number of likely N-dealkylation sites (tertiary alicyclic amines) is 1. The number of anilines is 1. The van der Waals surface area contributed by atoms with Gasteiger partial charge < -0.3 is 10.4 Å². The van der Waals surface area contributed by atoms with Crippen LogP contribution in [0.1, 0.15) is 16.7 Å². The molecule has 2 saturated heterocycles. The number of rotatable bonds is 4. The van der Waals surface area contributed by atoms with Crippen LogP contribution in [-0.4, -0.2) is 33.8 Å². The topological polar surface area (TPSA) is 98.7 Å². The van der Waals surface area contributed by atoms with Crippen LogP contribution >= 0.6 is 23.2 Å². The third-order valence-corrected chi connectivity index (χ3v) is 8.15. The Bertz CT molecular complexity index is 1430. The molecule has 6 rings (SSSR count). The molecule has 3 aliphatic rings. The molecule has 1 spiro atoms. The molecule has 3 amide bonds. The molecule has 36 heavy (non-hydrogen) atoms. The van der Waals surface area contributed by atoms with Gasteiger partial charge in [0.25, 0.3) is 0 Å². The maximum Gasteiger partial charge on any atom is 0.250 e. The van der Waals surface area contributed by atoms with E-state index in [1.165, 1.54) is 4.90 Å². The lowest BCUT2D eigenvalue weighted by Crippen LogP contribution is -2.53. The Morgan fingerprint density at radius 2 is 1.61 bits per heavy atom. The molecule has 9 heteroatoms. The standard InChI is InChI=1S/C27H21Cl2N3O4/c28-18-6-2-1-4-15(18)13-32-24(34)21-20(12-14-8-10-16(33)11-9-14)31-27(22(21)25(32)35)17-5-3-7-19(29)23(17)30-26(27)36/h1-11,20-22,31,33H,12-13H2,(H,30,36)/t20-,21+,22-,27+/m0/s1. The Balaban J connectivity index is 1.45. The van der Waals surface area contributed by atoms with Crippen molar-refractivity contribution in [2.24, 2.45) is 11.8 Å². The van der Waals surface area contributed by atoms with Crippen molar-refractivity contribution in [3.8, 4) is 5.75 Å². The Labute approximate surface area is 217 Å². The number of hydrogen-bond acceptors (Lipinski definition) is 5. The first kappa shape index (κ1) is 23.0. The smallest absolute Gasteiger partial charge is 0.250 e. The van der Waals surface area contributed by atoms with Crippen LogP contribution in [0.3, 0.4) is 0 Å². The van der Waals surface area contributed by atoms with Crippen LogP contribution in [0.2, 0.25) is 10.0 Å². The summed E-state index contributed by atoms with van der Waals surface area (Å²) in [6.45, 7) is 0.0242. The number of phenols is 1. The van der Waals surface area contributed by atoms with E-state index in [4.69, 9.17) is 23.2 Å². The number of fused-ring (bicyclic) bond motifs is 4. The van der Waals surface area contributed by atoms with E-state index in [9.17, 15) is 19.5 Å². The third kappa shape index (κ3) is 3.27. The summed E-state index contributed by atoms with van der Waals surface area (Å²) in [6, 6.07) is 18.4. The van der Waals surface area contributed by atoms with E-state index >= 15 is 0 Å². The maximum absolute atomic E-state index is 13.9. The summed E-state index contributed by atoms with van der Waals surface area (Å²) in [5, 5.41) is 16.7. The summed E-state index contributed by atoms with van der Waals surface area (Å²) in [5.41, 5.74) is 1.08. The lowest BCUT2D eigenvalue weighted by molar-refractivity contribution is -0.143. The van der Waals surface area contributed by atoms with Crippen molar-refractivity contribution >= 4 is 46.6 Å². The molecule has 3 heterocycles. The molecule has 4 atom stereocenters. The van der Waals surface area contributed by atoms with Crippen LogP contribution < -0.4 is 10.6 Å². The summed E-state index contributed by atoms with van der Waals surface area (Å²) in [5.74, 6) is -2.77. The maximum atomic E-state index is 13.9. The van der Waals surface area contributed by atoms with Gasteiger partial charge in [0, 0.05) is 16.6 Å². The van der Waals surface area contributed by atoms with Gasteiger partial charge in [-0.3, -0.25) is 24.6 Å². The zero-order valence-corrected chi connectivity index (χ0v) is 20.4. The Hall–Kier alpha value is -3.39. The summed E-state index contributed by atoms with van der Waals surface area (Å²) >= 11 is 12.7. The second-order valence-corrected chi connectivity index (χ2v) is 10.2. The van der Waals surface area contributed by atoms with Crippen LogP contribution in [0.25, 0.3) is 0 Å². The van der Waals surface area contributed by atoms with Gasteiger partial charge in [0.15, 0.2) is 0 Å². The number of imide groups is 1. The molecule has 0 aliphatic carbocycles. The van der Waals surface area contributed by atoms with E-state index in [0.717, 1.165) is 5.56 Å². The number of amides is 3. The van der Waals surface area contributed by atoms with Crippen molar-refractivity contribution in [2.75, 3.05) is 5.32 Å². The lowest BCUT2D eigenvalue weighted by atomic mass is 9.76. The molecule has 3 aliphatic heterocycles. The van der Waals surface area contributed by atoms with Crippen LogP contribution in [-0.2, 0) is 32.9 Å². The van der Waals surface area contributed by atoms with Crippen molar-refractivity contribution in [3.05, 3.63) is 93.5 Å². The van der Waals surface area contributed by atoms with Crippen molar-refractivity contribution in [2.45, 2.75) is 24.5 Å². The summed E-state index contributed by atoms with van der Waals surface area (Å²) in [6.07, 6.45) is 0.380. The molecular weight excluding hydrogens is 501 g/mol. The van der Waals surface area contributed by atoms with Gasteiger partial charge in [0.1, 0.15) is 11.3 Å². The van der Waals surface area contributed by atoms with E-state index in [1.54, 1.807) is 66.7 Å². The minimum absolute atomic E-state index is 0.0242. The molecule has 0 aromatic heterocycles. The Morgan fingerprint density at radius 3 is 2.36 bits per heavy atom. The minimum Gasteiger partial charge on any atom is -0.508 e. The van der Waals surface area contributed by atoms with Crippen LogP contribution in [0.4, 0.5) is 5.69 Å². The fourth-order valence-corrected chi connectivity index (χ4v) is 6.28. The molecule has 2 fully saturated rings. The highest BCUT2D eigenvalue weighted by Crippen LogP contribution is 2.54. The number of aromatic hydroxyl groups is 1. The average molecular weight is 522 g/mol. The van der Waals surface area contributed by atoms with Crippen molar-refractivity contribution in [1.29, 1.82) is 0 Å². The van der Waals surface area contributed by atoms with Gasteiger partial charge in [-0.05, 0) is 41.8 Å². The van der Waals surface area contributed by atoms with Gasteiger partial charge in [-0.1, -0.05) is 65.7 Å². The summed E-state index contributed by atoms with van der Waals surface area (Å²) < 4.78 is 0. The molecule has 0 radical (unpaired) electrons. The Morgan fingerprint density at radius 1 is 0.889 bits per heavy atom. The van der Waals surface area contributed by atoms with Gasteiger partial charge in [-0.25, -0.2) is 0 Å². The number of benzene rings is 3. The number of halogens is 2. The number of nitrogens with one attached hydrogen (secondary N) is 2. The van der Waals surface area contributed by atoms with Gasteiger partial charge in [-0.2, -0.15) is 0 Å². The zero-order valence-electron chi connectivity index (χ0n) is 18.9. The normalized spacial score (nSPS) is 26.4. The number of hydrogen-bond donors (Lipinski definition) is 3. The first-order valence-corrected chi connectivity index (χ1v) is 12.3. The molecule has 0 unspecified atom stereocenters. The lowest BCUT2D eigenvalue weighted by Gasteiger charge is -2.29. The molecule has 182 valence electrons. The zero-order chi connectivity index (χ0) is 25.2. The van der Waals surface area contributed by atoms with E-state index in [0.29, 0.717) is 33.3 Å². The summed E-state index contributed by atoms with van der Waals surface area (Å²) in [7, 11) is 0. The molecule has 3 aromatic carbocycles. The Kier molecular flexibility index (Phi) is 5.33. The quantitative estimate of drug-likeness (QED) is 0.452. The fraction of sp³-hybridized carbons (Fsp3) is 0.222. The van der Waals surface area contributed by atoms with E-state index in [-0.39, 0.29) is 18.2 Å². The molecule has 7 nitrogen and oxygen atoms in total. The largest absolute Gasteiger partial charge is 0.508 e. The first-order valence-electron chi connectivity index (χ1n) is 11.6.